The Balaban J connectivity index is 1.64. The summed E-state index contributed by atoms with van der Waals surface area (Å²) in [7, 11) is 1.69. The van der Waals surface area contributed by atoms with Crippen LogP contribution in [0.25, 0.3) is 33.6 Å². The number of hydrogen-bond acceptors (Lipinski definition) is 5. The van der Waals surface area contributed by atoms with E-state index in [9.17, 15) is 9.18 Å². The molecule has 3 heterocycles. The SMILES string of the molecule is Cc1cccc(-c2[nH]ncc2-c2ccc(F)c(-c3cnn(CC(=O)N(C)CCN)c3)c2)n1. The number of aromatic amines is 1. The molecule has 32 heavy (non-hydrogen) atoms. The molecule has 0 saturated carbocycles. The Morgan fingerprint density at radius 3 is 2.81 bits per heavy atom. The molecule has 0 saturated heterocycles. The maximum atomic E-state index is 14.7. The van der Waals surface area contributed by atoms with Crippen LogP contribution >= 0.6 is 0 Å². The molecular formula is C23H24FN7O. The molecule has 0 atom stereocenters. The lowest BCUT2D eigenvalue weighted by molar-refractivity contribution is -0.130. The van der Waals surface area contributed by atoms with E-state index in [0.29, 0.717) is 24.2 Å². The first-order valence-electron chi connectivity index (χ1n) is 10.2. The highest BCUT2D eigenvalue weighted by molar-refractivity contribution is 5.81. The summed E-state index contributed by atoms with van der Waals surface area (Å²) in [5, 5.41) is 11.4. The van der Waals surface area contributed by atoms with Crippen LogP contribution in [0.4, 0.5) is 4.39 Å². The van der Waals surface area contributed by atoms with Crippen molar-refractivity contribution in [3.8, 4) is 33.6 Å². The molecule has 0 spiro atoms. The minimum atomic E-state index is -0.376. The first kappa shape index (κ1) is 21.4. The van der Waals surface area contributed by atoms with Gasteiger partial charge in [0.1, 0.15) is 12.4 Å². The third-order valence-corrected chi connectivity index (χ3v) is 5.19. The summed E-state index contributed by atoms with van der Waals surface area (Å²) in [5.74, 6) is -0.494. The van der Waals surface area contributed by atoms with Crippen LogP contribution in [0.1, 0.15) is 5.69 Å². The lowest BCUT2D eigenvalue weighted by Gasteiger charge is -2.15. The molecule has 1 aromatic carbocycles. The summed E-state index contributed by atoms with van der Waals surface area (Å²) in [5.41, 5.74) is 10.5. The number of aryl methyl sites for hydroxylation is 1. The fourth-order valence-electron chi connectivity index (χ4n) is 3.46. The highest BCUT2D eigenvalue weighted by Gasteiger charge is 2.16. The van der Waals surface area contributed by atoms with Gasteiger partial charge in [0.25, 0.3) is 0 Å². The van der Waals surface area contributed by atoms with Crippen molar-refractivity contribution in [3.63, 3.8) is 0 Å². The van der Waals surface area contributed by atoms with E-state index in [1.165, 1.54) is 10.7 Å². The topological polar surface area (TPSA) is 106 Å². The Bertz CT molecular complexity index is 1250. The van der Waals surface area contributed by atoms with E-state index in [1.807, 2.05) is 25.1 Å². The molecule has 0 fully saturated rings. The van der Waals surface area contributed by atoms with Gasteiger partial charge in [-0.15, -0.1) is 0 Å². The Kier molecular flexibility index (Phi) is 6.09. The molecule has 4 aromatic rings. The molecule has 0 unspecified atom stereocenters. The summed E-state index contributed by atoms with van der Waals surface area (Å²) in [6, 6.07) is 10.6. The van der Waals surface area contributed by atoms with Crippen LogP contribution in [-0.4, -0.2) is 55.9 Å². The lowest BCUT2D eigenvalue weighted by atomic mass is 9.99. The van der Waals surface area contributed by atoms with Gasteiger partial charge in [-0.05, 0) is 36.8 Å². The van der Waals surface area contributed by atoms with E-state index in [1.54, 1.807) is 42.7 Å². The maximum Gasteiger partial charge on any atom is 0.244 e. The van der Waals surface area contributed by atoms with Crippen molar-refractivity contribution < 1.29 is 9.18 Å². The zero-order chi connectivity index (χ0) is 22.7. The highest BCUT2D eigenvalue weighted by atomic mass is 19.1. The molecule has 0 radical (unpaired) electrons. The first-order valence-corrected chi connectivity index (χ1v) is 10.2. The van der Waals surface area contributed by atoms with Crippen LogP contribution in [0.15, 0.2) is 55.0 Å². The van der Waals surface area contributed by atoms with E-state index in [0.717, 1.165) is 28.2 Å². The normalized spacial score (nSPS) is 11.0. The fraction of sp³-hybridized carbons (Fsp3) is 0.217. The van der Waals surface area contributed by atoms with Gasteiger partial charge in [-0.3, -0.25) is 19.6 Å². The van der Waals surface area contributed by atoms with Gasteiger partial charge in [0, 0.05) is 48.7 Å². The second-order valence-corrected chi connectivity index (χ2v) is 7.55. The number of aromatic nitrogens is 5. The van der Waals surface area contributed by atoms with Crippen molar-refractivity contribution in [1.29, 1.82) is 0 Å². The van der Waals surface area contributed by atoms with Gasteiger partial charge in [-0.1, -0.05) is 12.1 Å². The summed E-state index contributed by atoms with van der Waals surface area (Å²) >= 11 is 0. The molecule has 0 bridgehead atoms. The number of benzene rings is 1. The Morgan fingerprint density at radius 2 is 2.03 bits per heavy atom. The number of pyridine rings is 1. The average Bonchev–Trinajstić information content (AvgIpc) is 3.44. The monoisotopic (exact) mass is 433 g/mol. The molecule has 4 rings (SSSR count). The number of nitrogens with two attached hydrogens (primary N) is 1. The van der Waals surface area contributed by atoms with Gasteiger partial charge in [0.05, 0.1) is 23.8 Å². The fourth-order valence-corrected chi connectivity index (χ4v) is 3.46. The minimum Gasteiger partial charge on any atom is -0.343 e. The number of carbonyl (C=O) groups is 1. The van der Waals surface area contributed by atoms with Crippen LogP contribution in [0.3, 0.4) is 0 Å². The van der Waals surface area contributed by atoms with Crippen molar-refractivity contribution >= 4 is 5.91 Å². The summed E-state index contributed by atoms with van der Waals surface area (Å²) in [6.45, 7) is 2.83. The van der Waals surface area contributed by atoms with Gasteiger partial charge >= 0.3 is 0 Å². The zero-order valence-corrected chi connectivity index (χ0v) is 17.9. The smallest absolute Gasteiger partial charge is 0.244 e. The molecular weight excluding hydrogens is 409 g/mol. The van der Waals surface area contributed by atoms with Gasteiger partial charge in [-0.25, -0.2) is 4.39 Å². The summed E-state index contributed by atoms with van der Waals surface area (Å²) in [4.78, 5) is 18.3. The van der Waals surface area contributed by atoms with Crippen molar-refractivity contribution in [2.75, 3.05) is 20.1 Å². The van der Waals surface area contributed by atoms with Crippen molar-refractivity contribution in [2.24, 2.45) is 5.73 Å². The predicted molar refractivity (Wildman–Crippen MR) is 120 cm³/mol. The summed E-state index contributed by atoms with van der Waals surface area (Å²) in [6.07, 6.45) is 4.91. The Morgan fingerprint density at radius 1 is 1.19 bits per heavy atom. The number of rotatable bonds is 7. The second kappa shape index (κ2) is 9.11. The molecule has 8 nitrogen and oxygen atoms in total. The van der Waals surface area contributed by atoms with Crippen LogP contribution in [0.5, 0.6) is 0 Å². The van der Waals surface area contributed by atoms with Crippen LogP contribution in [0, 0.1) is 12.7 Å². The van der Waals surface area contributed by atoms with Gasteiger partial charge in [0.15, 0.2) is 0 Å². The molecule has 3 N–H and O–H groups in total. The third kappa shape index (κ3) is 4.42. The lowest BCUT2D eigenvalue weighted by Crippen LogP contribution is -2.34. The quantitative estimate of drug-likeness (QED) is 0.466. The molecule has 3 aromatic heterocycles. The van der Waals surface area contributed by atoms with E-state index in [4.69, 9.17) is 5.73 Å². The molecule has 0 aliphatic carbocycles. The predicted octanol–water partition coefficient (Wildman–Crippen LogP) is 2.87. The standard InChI is InChI=1S/C23H24FN7O/c1-15-4-3-5-21(28-15)23-19(12-26-29-23)16-6-7-20(24)18(10-16)17-11-27-31(13-17)14-22(32)30(2)9-8-25/h3-7,10-13H,8-9,14,25H2,1-2H3,(H,26,29). The largest absolute Gasteiger partial charge is 0.343 e. The first-order chi connectivity index (χ1) is 15.5. The molecule has 164 valence electrons. The number of hydrogen-bond donors (Lipinski definition) is 2. The third-order valence-electron chi connectivity index (χ3n) is 5.19. The number of amides is 1. The van der Waals surface area contributed by atoms with E-state index < -0.39 is 0 Å². The van der Waals surface area contributed by atoms with Crippen LogP contribution in [-0.2, 0) is 11.3 Å². The molecule has 0 aliphatic heterocycles. The van der Waals surface area contributed by atoms with E-state index in [-0.39, 0.29) is 18.3 Å². The maximum absolute atomic E-state index is 14.7. The van der Waals surface area contributed by atoms with Crippen LogP contribution in [0.2, 0.25) is 0 Å². The number of nitrogens with one attached hydrogen (secondary N) is 1. The Hall–Kier alpha value is -3.85. The number of H-pyrrole nitrogens is 1. The molecule has 1 amide bonds. The molecule has 9 heteroatoms. The minimum absolute atomic E-state index is 0.0583. The Labute approximate surface area is 184 Å². The van der Waals surface area contributed by atoms with Crippen LogP contribution < -0.4 is 5.73 Å². The van der Waals surface area contributed by atoms with Crippen molar-refractivity contribution in [2.45, 2.75) is 13.5 Å². The average molecular weight is 433 g/mol. The number of nitrogens with zero attached hydrogens (tertiary/aromatic N) is 5. The number of halogens is 1. The van der Waals surface area contributed by atoms with Crippen molar-refractivity contribution in [3.05, 3.63) is 66.5 Å². The zero-order valence-electron chi connectivity index (χ0n) is 17.9. The number of likely N-dealkylation sites (N-methyl/N-ethyl adjacent to an activating group) is 1. The molecule has 0 aliphatic rings. The summed E-state index contributed by atoms with van der Waals surface area (Å²) < 4.78 is 16.2. The van der Waals surface area contributed by atoms with Gasteiger partial charge in [0.2, 0.25) is 5.91 Å². The van der Waals surface area contributed by atoms with Crippen molar-refractivity contribution in [1.82, 2.24) is 29.9 Å². The van der Waals surface area contributed by atoms with E-state index >= 15 is 0 Å². The van der Waals surface area contributed by atoms with E-state index in [2.05, 4.69) is 20.3 Å². The van der Waals surface area contributed by atoms with Gasteiger partial charge < -0.3 is 10.6 Å². The van der Waals surface area contributed by atoms with Gasteiger partial charge in [-0.2, -0.15) is 10.2 Å². The second-order valence-electron chi connectivity index (χ2n) is 7.55. The highest BCUT2D eigenvalue weighted by Crippen LogP contribution is 2.33. The number of carbonyl (C=O) groups excluding carboxylic acids is 1.